The van der Waals surface area contributed by atoms with E-state index < -0.39 is 0 Å². The molecule has 1 aliphatic rings. The highest BCUT2D eigenvalue weighted by Crippen LogP contribution is 2.27. The lowest BCUT2D eigenvalue weighted by molar-refractivity contribution is -0.126. The molecule has 6 nitrogen and oxygen atoms in total. The third-order valence-electron chi connectivity index (χ3n) is 3.69. The number of nitrogens with one attached hydrogen (secondary N) is 2. The summed E-state index contributed by atoms with van der Waals surface area (Å²) < 4.78 is 21.0. The number of hydrogen-bond donors (Lipinski definition) is 2. The molecule has 0 radical (unpaired) electrons. The third kappa shape index (κ3) is 2.87. The summed E-state index contributed by atoms with van der Waals surface area (Å²) >= 11 is 5.01. The van der Waals surface area contributed by atoms with E-state index in [4.69, 9.17) is 17.0 Å². The van der Waals surface area contributed by atoms with Crippen molar-refractivity contribution >= 4 is 18.1 Å². The molecule has 0 spiro atoms. The number of rotatable bonds is 3. The van der Waals surface area contributed by atoms with E-state index in [9.17, 15) is 9.18 Å². The summed E-state index contributed by atoms with van der Waals surface area (Å²) in [6.07, 6.45) is 0.456. The minimum Gasteiger partial charge on any atom is -0.492 e. The average Bonchev–Trinajstić information content (AvgIpc) is 2.83. The first kappa shape index (κ1) is 14.7. The van der Waals surface area contributed by atoms with Crippen LogP contribution in [0.4, 0.5) is 4.39 Å². The Balaban J connectivity index is 1.64. The van der Waals surface area contributed by atoms with Gasteiger partial charge in [0, 0.05) is 7.05 Å². The molecular formula is C14H15FN4O2S. The summed E-state index contributed by atoms with van der Waals surface area (Å²) in [5.41, 5.74) is 0.713. The van der Waals surface area contributed by atoms with Crippen LogP contribution in [0.5, 0.6) is 5.75 Å². The van der Waals surface area contributed by atoms with E-state index in [1.54, 1.807) is 17.7 Å². The Morgan fingerprint density at radius 2 is 2.45 bits per heavy atom. The molecule has 0 unspecified atom stereocenters. The van der Waals surface area contributed by atoms with Gasteiger partial charge in [-0.25, -0.2) is 4.39 Å². The lowest BCUT2D eigenvalue weighted by atomic mass is 9.96. The summed E-state index contributed by atoms with van der Waals surface area (Å²) in [5, 5.41) is 9.49. The first-order valence-electron chi connectivity index (χ1n) is 6.84. The number of aromatic nitrogens is 3. The molecule has 116 valence electrons. The fourth-order valence-electron chi connectivity index (χ4n) is 2.38. The van der Waals surface area contributed by atoms with Gasteiger partial charge in [0.15, 0.2) is 10.6 Å². The number of benzene rings is 1. The fourth-order valence-corrected chi connectivity index (χ4v) is 2.53. The number of fused-ring (bicyclic) bond motifs is 1. The van der Waals surface area contributed by atoms with Gasteiger partial charge < -0.3 is 14.6 Å². The van der Waals surface area contributed by atoms with Crippen LogP contribution in [0.1, 0.15) is 11.4 Å². The van der Waals surface area contributed by atoms with Crippen LogP contribution in [0.25, 0.3) is 0 Å². The van der Waals surface area contributed by atoms with Crippen molar-refractivity contribution in [2.24, 2.45) is 13.0 Å². The Hall–Kier alpha value is -2.22. The molecule has 0 fully saturated rings. The Labute approximate surface area is 131 Å². The van der Waals surface area contributed by atoms with Gasteiger partial charge in [-0.1, -0.05) is 0 Å². The Morgan fingerprint density at radius 1 is 1.64 bits per heavy atom. The van der Waals surface area contributed by atoms with Crippen LogP contribution in [0, 0.1) is 16.5 Å². The third-order valence-corrected chi connectivity index (χ3v) is 4.06. The molecule has 22 heavy (non-hydrogen) atoms. The second kappa shape index (κ2) is 5.88. The van der Waals surface area contributed by atoms with Gasteiger partial charge in [-0.3, -0.25) is 9.89 Å². The number of ether oxygens (including phenoxy) is 1. The van der Waals surface area contributed by atoms with Crippen LogP contribution in [0.15, 0.2) is 18.2 Å². The zero-order chi connectivity index (χ0) is 15.7. The van der Waals surface area contributed by atoms with Gasteiger partial charge in [0.05, 0.1) is 12.5 Å². The smallest absolute Gasteiger partial charge is 0.227 e. The van der Waals surface area contributed by atoms with Crippen molar-refractivity contribution in [2.75, 3.05) is 6.61 Å². The number of carbonyl (C=O) groups is 1. The fraction of sp³-hybridized carbons (Fsp3) is 0.357. The van der Waals surface area contributed by atoms with Crippen LogP contribution < -0.4 is 10.1 Å². The maximum atomic E-state index is 13.3. The second-order valence-electron chi connectivity index (χ2n) is 5.19. The van der Waals surface area contributed by atoms with E-state index in [0.29, 0.717) is 28.3 Å². The highest BCUT2D eigenvalue weighted by Gasteiger charge is 2.26. The summed E-state index contributed by atoms with van der Waals surface area (Å²) in [5.74, 6) is 0.455. The van der Waals surface area contributed by atoms with Crippen LogP contribution >= 0.6 is 12.2 Å². The molecule has 1 atom stereocenters. The number of carbonyl (C=O) groups excluding carboxylic acids is 1. The van der Waals surface area contributed by atoms with E-state index >= 15 is 0 Å². The van der Waals surface area contributed by atoms with Crippen molar-refractivity contribution in [3.63, 3.8) is 0 Å². The predicted molar refractivity (Wildman–Crippen MR) is 79.3 cm³/mol. The maximum absolute atomic E-state index is 13.3. The van der Waals surface area contributed by atoms with Crippen LogP contribution in [-0.4, -0.2) is 27.3 Å². The van der Waals surface area contributed by atoms with E-state index in [-0.39, 0.29) is 30.8 Å². The quantitative estimate of drug-likeness (QED) is 0.840. The van der Waals surface area contributed by atoms with E-state index in [0.717, 1.165) is 0 Å². The molecular weight excluding hydrogens is 307 g/mol. The zero-order valence-electron chi connectivity index (χ0n) is 11.9. The van der Waals surface area contributed by atoms with Crippen molar-refractivity contribution in [1.82, 2.24) is 20.1 Å². The van der Waals surface area contributed by atoms with Gasteiger partial charge >= 0.3 is 0 Å². The molecule has 2 aromatic rings. The van der Waals surface area contributed by atoms with Gasteiger partial charge in [-0.15, -0.1) is 0 Å². The topological polar surface area (TPSA) is 71.9 Å². The molecule has 8 heteroatoms. The number of halogens is 1. The highest BCUT2D eigenvalue weighted by molar-refractivity contribution is 7.71. The molecule has 1 amide bonds. The van der Waals surface area contributed by atoms with Crippen LogP contribution in [0.2, 0.25) is 0 Å². The molecule has 1 aliphatic heterocycles. The minimum absolute atomic E-state index is 0.149. The number of hydrogen-bond acceptors (Lipinski definition) is 4. The Bertz CT molecular complexity index is 770. The summed E-state index contributed by atoms with van der Waals surface area (Å²) in [4.78, 5) is 12.2. The highest BCUT2D eigenvalue weighted by atomic mass is 32.1. The molecule has 2 heterocycles. The van der Waals surface area contributed by atoms with E-state index in [1.165, 1.54) is 12.1 Å². The molecule has 1 aromatic carbocycles. The molecule has 0 saturated carbocycles. The molecule has 1 aromatic heterocycles. The number of amides is 1. The lowest BCUT2D eigenvalue weighted by Crippen LogP contribution is -2.37. The van der Waals surface area contributed by atoms with Crippen LogP contribution in [-0.2, 0) is 24.8 Å². The van der Waals surface area contributed by atoms with Gasteiger partial charge in [-0.05, 0) is 42.4 Å². The van der Waals surface area contributed by atoms with Crippen molar-refractivity contribution in [3.05, 3.63) is 40.2 Å². The normalized spacial score (nSPS) is 16.7. The molecule has 2 N–H and O–H groups in total. The van der Waals surface area contributed by atoms with E-state index in [2.05, 4.69) is 15.5 Å². The number of nitrogens with zero attached hydrogens (tertiary/aromatic N) is 2. The predicted octanol–water partition coefficient (Wildman–Crippen LogP) is 1.48. The van der Waals surface area contributed by atoms with Crippen molar-refractivity contribution < 1.29 is 13.9 Å². The SMILES string of the molecule is Cn1c(CNC(=O)[C@H]2COc3ccc(F)cc3C2)n[nH]c1=S. The Kier molecular flexibility index (Phi) is 3.93. The van der Waals surface area contributed by atoms with Crippen molar-refractivity contribution in [2.45, 2.75) is 13.0 Å². The maximum Gasteiger partial charge on any atom is 0.227 e. The van der Waals surface area contributed by atoms with Gasteiger partial charge in [0.1, 0.15) is 18.2 Å². The summed E-state index contributed by atoms with van der Waals surface area (Å²) in [6, 6.07) is 4.35. The van der Waals surface area contributed by atoms with Gasteiger partial charge in [0.25, 0.3) is 0 Å². The standard InChI is InChI=1S/C14H15FN4O2S/c1-19-12(17-18-14(19)22)6-16-13(20)9-4-8-5-10(15)2-3-11(8)21-7-9/h2-3,5,9H,4,6-7H2,1H3,(H,16,20)(H,18,22)/t9-/m1/s1. The molecule has 0 bridgehead atoms. The van der Waals surface area contributed by atoms with E-state index in [1.807, 2.05) is 0 Å². The lowest BCUT2D eigenvalue weighted by Gasteiger charge is -2.24. The zero-order valence-corrected chi connectivity index (χ0v) is 12.7. The van der Waals surface area contributed by atoms with Gasteiger partial charge in [0.2, 0.25) is 5.91 Å². The molecule has 3 rings (SSSR count). The number of aromatic amines is 1. The van der Waals surface area contributed by atoms with Crippen molar-refractivity contribution in [3.8, 4) is 5.75 Å². The monoisotopic (exact) mass is 322 g/mol. The Morgan fingerprint density at radius 3 is 3.18 bits per heavy atom. The average molecular weight is 322 g/mol. The minimum atomic E-state index is -0.346. The molecule has 0 aliphatic carbocycles. The van der Waals surface area contributed by atoms with Crippen LogP contribution in [0.3, 0.4) is 0 Å². The second-order valence-corrected chi connectivity index (χ2v) is 5.57. The summed E-state index contributed by atoms with van der Waals surface area (Å²) in [7, 11) is 1.77. The first-order valence-corrected chi connectivity index (χ1v) is 7.24. The largest absolute Gasteiger partial charge is 0.492 e. The van der Waals surface area contributed by atoms with Crippen molar-refractivity contribution in [1.29, 1.82) is 0 Å². The first-order chi connectivity index (χ1) is 10.5. The number of H-pyrrole nitrogens is 1. The summed E-state index contributed by atoms with van der Waals surface area (Å²) in [6.45, 7) is 0.554. The molecule has 0 saturated heterocycles. The van der Waals surface area contributed by atoms with Gasteiger partial charge in [-0.2, -0.15) is 5.10 Å².